The molecule has 0 amide bonds. The monoisotopic (exact) mass is 366 g/mol. The number of unbranched alkanes of at least 4 members (excludes halogenated alkanes) is 9. The highest BCUT2D eigenvalue weighted by Crippen LogP contribution is 2.32. The maximum atomic E-state index is 4.41. The van der Waals surface area contributed by atoms with E-state index in [1.54, 1.807) is 4.90 Å². The average Bonchev–Trinajstić information content (AvgIpc) is 3.10. The van der Waals surface area contributed by atoms with Crippen molar-refractivity contribution in [1.29, 1.82) is 0 Å². The highest BCUT2D eigenvalue weighted by Gasteiger charge is 2.32. The van der Waals surface area contributed by atoms with Crippen LogP contribution in [0.1, 0.15) is 84.0 Å². The Hall–Kier alpha value is -0.600. The molecule has 2 nitrogen and oxygen atoms in total. The largest absolute Gasteiger partial charge is 1.00 e. The molecule has 2 rings (SSSR count). The van der Waals surface area contributed by atoms with Crippen LogP contribution in [0.25, 0.3) is 0 Å². The summed E-state index contributed by atoms with van der Waals surface area (Å²) in [6.45, 7) is 5.73. The Labute approximate surface area is 162 Å². The topological polar surface area (TPSA) is 16.8 Å². The molecule has 1 N–H and O–H groups in total. The lowest BCUT2D eigenvalue weighted by Crippen LogP contribution is -3.11. The lowest BCUT2D eigenvalue weighted by Gasteiger charge is -2.32. The first-order valence-corrected chi connectivity index (χ1v) is 10.5. The van der Waals surface area contributed by atoms with E-state index < -0.39 is 0 Å². The van der Waals surface area contributed by atoms with E-state index in [4.69, 9.17) is 0 Å². The molecule has 144 valence electrons. The van der Waals surface area contributed by atoms with Crippen molar-refractivity contribution in [1.82, 2.24) is 0 Å². The van der Waals surface area contributed by atoms with Crippen LogP contribution < -0.4 is 17.3 Å². The van der Waals surface area contributed by atoms with Crippen LogP contribution in [0.4, 0.5) is 0 Å². The van der Waals surface area contributed by atoms with Gasteiger partial charge in [0.2, 0.25) is 0 Å². The Bertz CT molecular complexity index is 416. The molecule has 2 aliphatic rings. The fraction of sp³-hybridized carbons (Fsp3) is 0.773. The molecule has 0 aromatic heterocycles. The van der Waals surface area contributed by atoms with E-state index >= 15 is 0 Å². The summed E-state index contributed by atoms with van der Waals surface area (Å²) in [6, 6.07) is 0. The minimum Gasteiger partial charge on any atom is -1.00 e. The Morgan fingerprint density at radius 3 is 2.16 bits per heavy atom. The van der Waals surface area contributed by atoms with Gasteiger partial charge in [0.05, 0.1) is 13.1 Å². The molecule has 2 atom stereocenters. The molecule has 1 aliphatic carbocycles. The standard InChI is InChI=1S/C22H38N2.ClH/c1-2-3-4-5-6-7-8-9-10-12-15-22(16-13-11-14-17-22)20-24-19-18-23-21-24;/h11,13-14,16,21H,2-10,12,15,17-20H2,1H3;1H. The van der Waals surface area contributed by atoms with Crippen molar-refractivity contribution in [3.8, 4) is 0 Å². The number of halogens is 1. The molecule has 0 aromatic rings. The summed E-state index contributed by atoms with van der Waals surface area (Å²) in [7, 11) is 0. The number of nitrogens with zero attached hydrogens (tertiary/aromatic N) is 1. The third-order valence-corrected chi connectivity index (χ3v) is 5.66. The summed E-state index contributed by atoms with van der Waals surface area (Å²) in [6.07, 6.45) is 28.3. The van der Waals surface area contributed by atoms with Gasteiger partial charge in [-0.15, -0.1) is 0 Å². The highest BCUT2D eigenvalue weighted by atomic mass is 35.5. The van der Waals surface area contributed by atoms with Gasteiger partial charge >= 0.3 is 0 Å². The van der Waals surface area contributed by atoms with E-state index in [1.807, 2.05) is 0 Å². The Morgan fingerprint density at radius 2 is 1.60 bits per heavy atom. The fourth-order valence-electron chi connectivity index (χ4n) is 4.13. The second-order valence-electron chi connectivity index (χ2n) is 7.91. The zero-order valence-electron chi connectivity index (χ0n) is 16.3. The number of aliphatic imine (C=N–C) groups is 1. The first kappa shape index (κ1) is 22.4. The molecular weight excluding hydrogens is 328 g/mol. The molecule has 0 aromatic carbocycles. The van der Waals surface area contributed by atoms with Gasteiger partial charge in [0.1, 0.15) is 6.54 Å². The third-order valence-electron chi connectivity index (χ3n) is 5.66. The van der Waals surface area contributed by atoms with Gasteiger partial charge in [-0.2, -0.15) is 0 Å². The van der Waals surface area contributed by atoms with Crippen molar-refractivity contribution in [3.05, 3.63) is 24.3 Å². The number of hydrogen-bond acceptors (Lipinski definition) is 1. The SMILES string of the molecule is CCCCCCCCCCCCC1(C[NH+]2C=NCC2)C=CC=CC1.[Cl-]. The summed E-state index contributed by atoms with van der Waals surface area (Å²) in [5.74, 6) is 0. The van der Waals surface area contributed by atoms with Crippen LogP contribution in [-0.2, 0) is 0 Å². The summed E-state index contributed by atoms with van der Waals surface area (Å²) >= 11 is 0. The van der Waals surface area contributed by atoms with Crippen LogP contribution in [0.2, 0.25) is 0 Å². The normalized spacial score (nSPS) is 24.6. The van der Waals surface area contributed by atoms with Gasteiger partial charge in [0, 0.05) is 5.41 Å². The molecule has 0 bridgehead atoms. The van der Waals surface area contributed by atoms with Gasteiger partial charge in [-0.1, -0.05) is 95.4 Å². The van der Waals surface area contributed by atoms with Gasteiger partial charge in [-0.05, 0) is 12.8 Å². The predicted octanol–water partition coefficient (Wildman–Crippen LogP) is 1.73. The average molecular weight is 367 g/mol. The molecule has 0 saturated heterocycles. The maximum Gasteiger partial charge on any atom is 0.183 e. The number of quaternary nitrogens is 1. The van der Waals surface area contributed by atoms with Crippen molar-refractivity contribution in [2.24, 2.45) is 10.4 Å². The Kier molecular flexibility index (Phi) is 12.2. The summed E-state index contributed by atoms with van der Waals surface area (Å²) < 4.78 is 0. The molecule has 0 spiro atoms. The number of rotatable bonds is 13. The van der Waals surface area contributed by atoms with Crippen LogP contribution in [0.3, 0.4) is 0 Å². The Morgan fingerprint density at radius 1 is 0.920 bits per heavy atom. The lowest BCUT2D eigenvalue weighted by molar-refractivity contribution is -0.798. The third kappa shape index (κ3) is 9.06. The Balaban J connectivity index is 0.00000312. The van der Waals surface area contributed by atoms with Crippen LogP contribution in [0.15, 0.2) is 29.3 Å². The first-order valence-electron chi connectivity index (χ1n) is 10.5. The highest BCUT2D eigenvalue weighted by molar-refractivity contribution is 5.44. The second kappa shape index (κ2) is 13.6. The van der Waals surface area contributed by atoms with Crippen LogP contribution in [-0.4, -0.2) is 26.0 Å². The predicted molar refractivity (Wildman–Crippen MR) is 106 cm³/mol. The van der Waals surface area contributed by atoms with Gasteiger partial charge in [-0.3, -0.25) is 4.90 Å². The number of allylic oxidation sites excluding steroid dienone is 3. The van der Waals surface area contributed by atoms with Crippen LogP contribution in [0.5, 0.6) is 0 Å². The quantitative estimate of drug-likeness (QED) is 0.478. The van der Waals surface area contributed by atoms with Crippen molar-refractivity contribution < 1.29 is 17.3 Å². The van der Waals surface area contributed by atoms with Gasteiger partial charge < -0.3 is 12.4 Å². The van der Waals surface area contributed by atoms with Gasteiger partial charge in [0.25, 0.3) is 0 Å². The molecule has 1 heterocycles. The zero-order valence-corrected chi connectivity index (χ0v) is 17.1. The van der Waals surface area contributed by atoms with E-state index in [2.05, 4.69) is 42.6 Å². The van der Waals surface area contributed by atoms with E-state index in [0.717, 1.165) is 6.54 Å². The number of nitrogens with one attached hydrogen (secondary N) is 1. The lowest BCUT2D eigenvalue weighted by atomic mass is 9.76. The molecule has 0 fully saturated rings. The van der Waals surface area contributed by atoms with E-state index in [-0.39, 0.29) is 12.4 Å². The van der Waals surface area contributed by atoms with E-state index in [0.29, 0.717) is 5.41 Å². The van der Waals surface area contributed by atoms with Crippen molar-refractivity contribution in [2.75, 3.05) is 19.6 Å². The first-order chi connectivity index (χ1) is 11.8. The van der Waals surface area contributed by atoms with E-state index in [9.17, 15) is 0 Å². The minimum atomic E-state index is 0. The molecule has 25 heavy (non-hydrogen) atoms. The van der Waals surface area contributed by atoms with Gasteiger partial charge in [0.15, 0.2) is 6.34 Å². The molecule has 1 aliphatic heterocycles. The summed E-state index contributed by atoms with van der Waals surface area (Å²) in [5, 5.41) is 0. The summed E-state index contributed by atoms with van der Waals surface area (Å²) in [5.41, 5.74) is 0.389. The van der Waals surface area contributed by atoms with Crippen LogP contribution >= 0.6 is 0 Å². The zero-order chi connectivity index (χ0) is 16.9. The van der Waals surface area contributed by atoms with Crippen molar-refractivity contribution >= 4 is 6.34 Å². The van der Waals surface area contributed by atoms with Crippen LogP contribution in [0, 0.1) is 5.41 Å². The minimum absolute atomic E-state index is 0. The van der Waals surface area contributed by atoms with Gasteiger partial charge in [-0.25, -0.2) is 4.99 Å². The summed E-state index contributed by atoms with van der Waals surface area (Å²) in [4.78, 5) is 5.99. The molecule has 2 unspecified atom stereocenters. The molecule has 3 heteroatoms. The molecule has 0 saturated carbocycles. The fourth-order valence-corrected chi connectivity index (χ4v) is 4.13. The molecule has 0 radical (unpaired) electrons. The molecular formula is C22H39ClN2. The van der Waals surface area contributed by atoms with E-state index in [1.165, 1.54) is 90.1 Å². The maximum absolute atomic E-state index is 4.41. The van der Waals surface area contributed by atoms with Crippen molar-refractivity contribution in [3.63, 3.8) is 0 Å². The second-order valence-corrected chi connectivity index (χ2v) is 7.91. The number of hydrogen-bond donors (Lipinski definition) is 1. The smallest absolute Gasteiger partial charge is 0.183 e. The van der Waals surface area contributed by atoms with Crippen molar-refractivity contribution in [2.45, 2.75) is 84.0 Å².